The Balaban J connectivity index is 1.41. The van der Waals surface area contributed by atoms with Gasteiger partial charge in [0.2, 0.25) is 15.9 Å². The number of rotatable bonds is 12. The monoisotopic (exact) mass is 615 g/mol. The van der Waals surface area contributed by atoms with Gasteiger partial charge in [0.05, 0.1) is 25.2 Å². The predicted octanol–water partition coefficient (Wildman–Crippen LogP) is 3.48. The van der Waals surface area contributed by atoms with E-state index < -0.39 is 22.0 Å². The Morgan fingerprint density at radius 3 is 2.17 bits per heavy atom. The molecule has 1 aliphatic rings. The van der Waals surface area contributed by atoms with Crippen LogP contribution in [0.2, 0.25) is 5.02 Å². The molecule has 1 fully saturated rings. The van der Waals surface area contributed by atoms with Crippen molar-refractivity contribution < 1.29 is 32.2 Å². The van der Waals surface area contributed by atoms with Crippen molar-refractivity contribution in [3.63, 3.8) is 0 Å². The van der Waals surface area contributed by atoms with Crippen LogP contribution in [0.3, 0.4) is 0 Å². The fourth-order valence-electron chi connectivity index (χ4n) is 4.32. The average Bonchev–Trinajstić information content (AvgIpc) is 3.02. The first-order valence-electron chi connectivity index (χ1n) is 13.4. The molecular formula is C30H34ClN3O7S. The largest absolute Gasteiger partial charge is 0.497 e. The van der Waals surface area contributed by atoms with Crippen molar-refractivity contribution in [1.29, 1.82) is 0 Å². The van der Waals surface area contributed by atoms with Crippen LogP contribution in [-0.2, 0) is 37.4 Å². The lowest BCUT2D eigenvalue weighted by molar-refractivity contribution is -0.142. The second-order valence-corrected chi connectivity index (χ2v) is 12.0. The molecule has 3 aromatic carbocycles. The summed E-state index contributed by atoms with van der Waals surface area (Å²) in [7, 11) is -2.06. The Kier molecular flexibility index (Phi) is 10.8. The molecule has 0 radical (unpaired) electrons. The smallest absolute Gasteiger partial charge is 0.261 e. The summed E-state index contributed by atoms with van der Waals surface area (Å²) in [4.78, 5) is 28.1. The Labute approximate surface area is 251 Å². The number of morpholine rings is 1. The van der Waals surface area contributed by atoms with Crippen LogP contribution in [0, 0.1) is 0 Å². The molecule has 2 amide bonds. The van der Waals surface area contributed by atoms with Gasteiger partial charge in [-0.15, -0.1) is 0 Å². The molecule has 4 rings (SSSR count). The van der Waals surface area contributed by atoms with Crippen molar-refractivity contribution in [2.24, 2.45) is 0 Å². The fraction of sp³-hybridized carbons (Fsp3) is 0.333. The fourth-order valence-corrected chi connectivity index (χ4v) is 5.86. The van der Waals surface area contributed by atoms with Gasteiger partial charge in [-0.3, -0.25) is 9.59 Å². The highest BCUT2D eigenvalue weighted by Gasteiger charge is 2.28. The summed E-state index contributed by atoms with van der Waals surface area (Å²) in [6, 6.07) is 19.5. The van der Waals surface area contributed by atoms with Gasteiger partial charge in [-0.25, -0.2) is 8.42 Å². The lowest BCUT2D eigenvalue weighted by Gasteiger charge is -2.29. The van der Waals surface area contributed by atoms with Crippen molar-refractivity contribution in [2.45, 2.75) is 31.0 Å². The van der Waals surface area contributed by atoms with Crippen LogP contribution in [0.4, 0.5) is 0 Å². The number of benzene rings is 3. The zero-order chi connectivity index (χ0) is 30.1. The minimum absolute atomic E-state index is 0.134. The van der Waals surface area contributed by atoms with E-state index in [9.17, 15) is 18.0 Å². The molecule has 0 spiro atoms. The highest BCUT2D eigenvalue weighted by atomic mass is 35.5. The zero-order valence-electron chi connectivity index (χ0n) is 23.5. The summed E-state index contributed by atoms with van der Waals surface area (Å²) < 4.78 is 43.3. The maximum absolute atomic E-state index is 13.4. The maximum atomic E-state index is 13.4. The summed E-state index contributed by atoms with van der Waals surface area (Å²) in [5.41, 5.74) is 1.68. The van der Waals surface area contributed by atoms with E-state index in [0.29, 0.717) is 42.8 Å². The number of sulfonamides is 1. The van der Waals surface area contributed by atoms with Gasteiger partial charge in [0.15, 0.2) is 6.61 Å². The van der Waals surface area contributed by atoms with Crippen LogP contribution in [0.5, 0.6) is 11.5 Å². The van der Waals surface area contributed by atoms with E-state index in [0.717, 1.165) is 11.1 Å². The van der Waals surface area contributed by atoms with E-state index in [1.54, 1.807) is 38.3 Å². The van der Waals surface area contributed by atoms with Gasteiger partial charge in [0, 0.05) is 31.2 Å². The first-order valence-corrected chi connectivity index (χ1v) is 15.2. The number of nitrogens with zero attached hydrogens (tertiary/aromatic N) is 2. The van der Waals surface area contributed by atoms with Crippen molar-refractivity contribution in [3.05, 3.63) is 88.9 Å². The maximum Gasteiger partial charge on any atom is 0.261 e. The van der Waals surface area contributed by atoms with E-state index in [4.69, 9.17) is 25.8 Å². The molecule has 1 heterocycles. The van der Waals surface area contributed by atoms with Gasteiger partial charge in [-0.2, -0.15) is 4.31 Å². The highest BCUT2D eigenvalue weighted by Crippen LogP contribution is 2.21. The first kappa shape index (κ1) is 31.3. The highest BCUT2D eigenvalue weighted by molar-refractivity contribution is 7.89. The Bertz CT molecular complexity index is 1440. The van der Waals surface area contributed by atoms with E-state index in [1.807, 2.05) is 24.3 Å². The van der Waals surface area contributed by atoms with Crippen molar-refractivity contribution in [3.8, 4) is 11.5 Å². The molecule has 0 aromatic heterocycles. The average molecular weight is 616 g/mol. The van der Waals surface area contributed by atoms with Gasteiger partial charge in [0.1, 0.15) is 17.5 Å². The van der Waals surface area contributed by atoms with Crippen LogP contribution in [0.1, 0.15) is 18.1 Å². The second-order valence-electron chi connectivity index (χ2n) is 9.67. The summed E-state index contributed by atoms with van der Waals surface area (Å²) in [5, 5.41) is 3.44. The number of carbonyl (C=O) groups excluding carboxylic acids is 2. The normalized spacial score (nSPS) is 14.5. The SMILES string of the molecule is COc1ccc(CNC(=O)[C@H](C)N(Cc2ccc(Cl)cc2)C(=O)COc2ccc(S(=O)(=O)N3CCOCC3)cc2)cc1. The summed E-state index contributed by atoms with van der Waals surface area (Å²) in [6.45, 7) is 3.05. The van der Waals surface area contributed by atoms with Gasteiger partial charge in [0.25, 0.3) is 5.91 Å². The molecular weight excluding hydrogens is 582 g/mol. The molecule has 0 saturated carbocycles. The molecule has 0 aliphatic carbocycles. The van der Waals surface area contributed by atoms with Gasteiger partial charge in [-0.05, 0) is 66.6 Å². The van der Waals surface area contributed by atoms with E-state index >= 15 is 0 Å². The lowest BCUT2D eigenvalue weighted by Crippen LogP contribution is -2.48. The van der Waals surface area contributed by atoms with E-state index in [2.05, 4.69) is 5.32 Å². The van der Waals surface area contributed by atoms with Crippen molar-refractivity contribution >= 4 is 33.4 Å². The third-order valence-corrected chi connectivity index (χ3v) is 9.02. The molecule has 42 heavy (non-hydrogen) atoms. The molecule has 224 valence electrons. The lowest BCUT2D eigenvalue weighted by atomic mass is 10.1. The molecule has 0 bridgehead atoms. The Hall–Kier alpha value is -3.64. The van der Waals surface area contributed by atoms with E-state index in [1.165, 1.54) is 33.5 Å². The number of nitrogens with one attached hydrogen (secondary N) is 1. The molecule has 1 saturated heterocycles. The molecule has 10 nitrogen and oxygen atoms in total. The zero-order valence-corrected chi connectivity index (χ0v) is 25.1. The van der Waals surface area contributed by atoms with E-state index in [-0.39, 0.29) is 30.5 Å². The van der Waals surface area contributed by atoms with Gasteiger partial charge >= 0.3 is 0 Å². The molecule has 1 atom stereocenters. The van der Waals surface area contributed by atoms with Crippen LogP contribution in [0.25, 0.3) is 0 Å². The van der Waals surface area contributed by atoms with Crippen molar-refractivity contribution in [2.75, 3.05) is 40.0 Å². The number of hydrogen-bond acceptors (Lipinski definition) is 7. The number of ether oxygens (including phenoxy) is 3. The topological polar surface area (TPSA) is 114 Å². The number of carbonyl (C=O) groups is 2. The molecule has 1 N–H and O–H groups in total. The molecule has 3 aromatic rings. The van der Waals surface area contributed by atoms with Gasteiger partial charge in [-0.1, -0.05) is 35.9 Å². The van der Waals surface area contributed by atoms with Crippen LogP contribution < -0.4 is 14.8 Å². The van der Waals surface area contributed by atoms with Gasteiger partial charge < -0.3 is 24.4 Å². The Morgan fingerprint density at radius 2 is 1.55 bits per heavy atom. The third-order valence-electron chi connectivity index (χ3n) is 6.85. The predicted molar refractivity (Wildman–Crippen MR) is 158 cm³/mol. The minimum Gasteiger partial charge on any atom is -0.497 e. The molecule has 1 aliphatic heterocycles. The van der Waals surface area contributed by atoms with Crippen LogP contribution in [-0.4, -0.2) is 75.5 Å². The van der Waals surface area contributed by atoms with Crippen LogP contribution in [0.15, 0.2) is 77.7 Å². The molecule has 12 heteroatoms. The van der Waals surface area contributed by atoms with Crippen LogP contribution >= 0.6 is 11.6 Å². The van der Waals surface area contributed by atoms with Crippen molar-refractivity contribution in [1.82, 2.24) is 14.5 Å². The standard InChI is InChI=1S/C30H34ClN3O7S/c1-22(30(36)32-19-23-5-9-26(39-2)10-6-23)34(20-24-3-7-25(31)8-4-24)29(35)21-41-27-11-13-28(14-12-27)42(37,38)33-15-17-40-18-16-33/h3-14,22H,15-21H2,1-2H3,(H,32,36)/t22-/m0/s1. The number of methoxy groups -OCH3 is 1. The first-order chi connectivity index (χ1) is 20.2. The third kappa shape index (κ3) is 8.22. The minimum atomic E-state index is -3.65. The second kappa shape index (κ2) is 14.5. The molecule has 0 unspecified atom stereocenters. The quantitative estimate of drug-likeness (QED) is 0.332. The Morgan fingerprint density at radius 1 is 0.952 bits per heavy atom. The summed E-state index contributed by atoms with van der Waals surface area (Å²) in [5.74, 6) is 0.298. The number of amides is 2. The number of hydrogen-bond donors (Lipinski definition) is 1. The summed E-state index contributed by atoms with van der Waals surface area (Å²) in [6.07, 6.45) is 0. The summed E-state index contributed by atoms with van der Waals surface area (Å²) >= 11 is 6.02. The number of halogens is 1.